The van der Waals surface area contributed by atoms with Crippen molar-refractivity contribution in [2.75, 3.05) is 0 Å². The average molecular weight is 242 g/mol. The zero-order valence-electron chi connectivity index (χ0n) is 9.91. The van der Waals surface area contributed by atoms with Gasteiger partial charge in [-0.25, -0.2) is 4.79 Å². The van der Waals surface area contributed by atoms with Gasteiger partial charge in [-0.15, -0.1) is 0 Å². The van der Waals surface area contributed by atoms with Gasteiger partial charge in [-0.1, -0.05) is 12.1 Å². The summed E-state index contributed by atoms with van der Waals surface area (Å²) in [6.07, 6.45) is 4.49. The largest absolute Gasteiger partial charge is 0.478 e. The smallest absolute Gasteiger partial charge is 0.335 e. The van der Waals surface area contributed by atoms with Crippen molar-refractivity contribution < 1.29 is 9.90 Å². The zero-order valence-corrected chi connectivity index (χ0v) is 9.91. The molecule has 0 amide bonds. The third-order valence-electron chi connectivity index (χ3n) is 3.20. The Balaban J connectivity index is 1.72. The van der Waals surface area contributed by atoms with Crippen LogP contribution in [0.1, 0.15) is 40.4 Å². The van der Waals surface area contributed by atoms with E-state index >= 15 is 0 Å². The maximum Gasteiger partial charge on any atom is 0.335 e. The van der Waals surface area contributed by atoms with E-state index in [4.69, 9.17) is 5.11 Å². The first kappa shape index (κ1) is 11.0. The standard InChI is InChI=1S/C14H14N2O2/c17-14(18)12-3-1-10(2-4-12)9-16-8-7-13(15-16)11-5-6-11/h1-4,7-8,11H,5-6,9H2,(H,17,18). The predicted octanol–water partition coefficient (Wildman–Crippen LogP) is 2.51. The topological polar surface area (TPSA) is 55.1 Å². The van der Waals surface area contributed by atoms with E-state index in [0.717, 1.165) is 5.56 Å². The third kappa shape index (κ3) is 2.27. The highest BCUT2D eigenvalue weighted by Crippen LogP contribution is 2.38. The lowest BCUT2D eigenvalue weighted by atomic mass is 10.1. The Bertz CT molecular complexity index is 568. The summed E-state index contributed by atoms with van der Waals surface area (Å²) in [5.74, 6) is -0.225. The van der Waals surface area contributed by atoms with E-state index in [-0.39, 0.29) is 0 Å². The lowest BCUT2D eigenvalue weighted by molar-refractivity contribution is 0.0697. The minimum atomic E-state index is -0.892. The van der Waals surface area contributed by atoms with E-state index in [1.807, 2.05) is 23.0 Å². The van der Waals surface area contributed by atoms with Crippen molar-refractivity contribution in [2.45, 2.75) is 25.3 Å². The molecule has 1 fully saturated rings. The molecule has 0 aliphatic heterocycles. The molecular formula is C14H14N2O2. The molecule has 0 radical (unpaired) electrons. The molecule has 2 aromatic rings. The summed E-state index contributed by atoms with van der Waals surface area (Å²) in [4.78, 5) is 10.7. The second kappa shape index (κ2) is 4.29. The molecule has 1 N–H and O–H groups in total. The van der Waals surface area contributed by atoms with Crippen LogP contribution in [0.5, 0.6) is 0 Å². The number of rotatable bonds is 4. The Kier molecular flexibility index (Phi) is 2.63. The third-order valence-corrected chi connectivity index (χ3v) is 3.20. The molecule has 0 saturated heterocycles. The van der Waals surface area contributed by atoms with Crippen molar-refractivity contribution in [1.82, 2.24) is 9.78 Å². The number of aromatic nitrogens is 2. The van der Waals surface area contributed by atoms with Gasteiger partial charge in [0, 0.05) is 12.1 Å². The number of nitrogens with zero attached hydrogens (tertiary/aromatic N) is 2. The highest BCUT2D eigenvalue weighted by Gasteiger charge is 2.25. The van der Waals surface area contributed by atoms with Crippen LogP contribution in [0, 0.1) is 0 Å². The molecule has 1 aromatic heterocycles. The Morgan fingerprint density at radius 2 is 2.00 bits per heavy atom. The van der Waals surface area contributed by atoms with Gasteiger partial charge in [0.2, 0.25) is 0 Å². The molecule has 1 heterocycles. The van der Waals surface area contributed by atoms with Crippen molar-refractivity contribution in [3.63, 3.8) is 0 Å². The monoisotopic (exact) mass is 242 g/mol. The summed E-state index contributed by atoms with van der Waals surface area (Å²) in [5.41, 5.74) is 2.56. The molecule has 1 saturated carbocycles. The first-order valence-electron chi connectivity index (χ1n) is 6.08. The number of aromatic carboxylic acids is 1. The van der Waals surface area contributed by atoms with Gasteiger partial charge in [-0.05, 0) is 36.6 Å². The predicted molar refractivity (Wildman–Crippen MR) is 66.7 cm³/mol. The molecule has 0 bridgehead atoms. The van der Waals surface area contributed by atoms with Crippen LogP contribution in [0.2, 0.25) is 0 Å². The fourth-order valence-electron chi connectivity index (χ4n) is 2.00. The van der Waals surface area contributed by atoms with Crippen LogP contribution in [-0.4, -0.2) is 20.9 Å². The maximum atomic E-state index is 10.7. The van der Waals surface area contributed by atoms with E-state index in [2.05, 4.69) is 11.2 Å². The van der Waals surface area contributed by atoms with Crippen LogP contribution in [0.25, 0.3) is 0 Å². The number of hydrogen-bond acceptors (Lipinski definition) is 2. The maximum absolute atomic E-state index is 10.7. The quantitative estimate of drug-likeness (QED) is 0.896. The van der Waals surface area contributed by atoms with Crippen LogP contribution >= 0.6 is 0 Å². The molecule has 1 aromatic carbocycles. The molecule has 0 atom stereocenters. The van der Waals surface area contributed by atoms with Gasteiger partial charge in [0.15, 0.2) is 0 Å². The van der Waals surface area contributed by atoms with Gasteiger partial charge < -0.3 is 5.11 Å². The summed E-state index contributed by atoms with van der Waals surface area (Å²) in [5, 5.41) is 13.3. The second-order valence-electron chi connectivity index (χ2n) is 4.71. The van der Waals surface area contributed by atoms with Crippen molar-refractivity contribution in [1.29, 1.82) is 0 Å². The minimum absolute atomic E-state index is 0.317. The molecule has 92 valence electrons. The van der Waals surface area contributed by atoms with Gasteiger partial charge >= 0.3 is 5.97 Å². The summed E-state index contributed by atoms with van der Waals surface area (Å²) < 4.78 is 1.91. The van der Waals surface area contributed by atoms with Gasteiger partial charge in [0.1, 0.15) is 0 Å². The molecule has 0 spiro atoms. The fourth-order valence-corrected chi connectivity index (χ4v) is 2.00. The molecule has 4 heteroatoms. The number of hydrogen-bond donors (Lipinski definition) is 1. The van der Waals surface area contributed by atoms with E-state index < -0.39 is 5.97 Å². The fraction of sp³-hybridized carbons (Fsp3) is 0.286. The lowest BCUT2D eigenvalue weighted by Gasteiger charge is -2.02. The number of carboxylic acid groups (broad SMARTS) is 1. The zero-order chi connectivity index (χ0) is 12.5. The van der Waals surface area contributed by atoms with Crippen LogP contribution in [0.4, 0.5) is 0 Å². The van der Waals surface area contributed by atoms with Crippen molar-refractivity contribution in [2.24, 2.45) is 0 Å². The van der Waals surface area contributed by atoms with Crippen LogP contribution < -0.4 is 0 Å². The first-order valence-corrected chi connectivity index (χ1v) is 6.08. The SMILES string of the molecule is O=C(O)c1ccc(Cn2ccc(C3CC3)n2)cc1. The van der Waals surface area contributed by atoms with E-state index in [1.54, 1.807) is 12.1 Å². The molecular weight excluding hydrogens is 228 g/mol. The Hall–Kier alpha value is -2.10. The average Bonchev–Trinajstić information content (AvgIpc) is 3.11. The van der Waals surface area contributed by atoms with Crippen LogP contribution in [-0.2, 0) is 6.54 Å². The molecule has 18 heavy (non-hydrogen) atoms. The van der Waals surface area contributed by atoms with Gasteiger partial charge in [-0.2, -0.15) is 5.10 Å². The summed E-state index contributed by atoms with van der Waals surface area (Å²) >= 11 is 0. The molecule has 1 aliphatic rings. The van der Waals surface area contributed by atoms with Gasteiger partial charge in [0.25, 0.3) is 0 Å². The summed E-state index contributed by atoms with van der Waals surface area (Å²) in [6, 6.07) is 9.00. The Morgan fingerprint density at radius 3 is 2.61 bits per heavy atom. The highest BCUT2D eigenvalue weighted by molar-refractivity contribution is 5.87. The number of benzene rings is 1. The molecule has 0 unspecified atom stereocenters. The van der Waals surface area contributed by atoms with E-state index in [1.165, 1.54) is 18.5 Å². The highest BCUT2D eigenvalue weighted by atomic mass is 16.4. The molecule has 3 rings (SSSR count). The van der Waals surface area contributed by atoms with Gasteiger partial charge in [-0.3, -0.25) is 4.68 Å². The Morgan fingerprint density at radius 1 is 1.28 bits per heavy atom. The normalized spacial score (nSPS) is 14.7. The van der Waals surface area contributed by atoms with Crippen LogP contribution in [0.3, 0.4) is 0 Å². The van der Waals surface area contributed by atoms with Crippen molar-refractivity contribution in [3.05, 3.63) is 53.3 Å². The number of carbonyl (C=O) groups is 1. The number of carboxylic acids is 1. The second-order valence-corrected chi connectivity index (χ2v) is 4.71. The van der Waals surface area contributed by atoms with Crippen LogP contribution in [0.15, 0.2) is 36.5 Å². The molecule has 4 nitrogen and oxygen atoms in total. The minimum Gasteiger partial charge on any atom is -0.478 e. The summed E-state index contributed by atoms with van der Waals surface area (Å²) in [6.45, 7) is 0.687. The summed E-state index contributed by atoms with van der Waals surface area (Å²) in [7, 11) is 0. The first-order chi connectivity index (χ1) is 8.72. The van der Waals surface area contributed by atoms with E-state index in [0.29, 0.717) is 18.0 Å². The van der Waals surface area contributed by atoms with E-state index in [9.17, 15) is 4.79 Å². The van der Waals surface area contributed by atoms with Crippen molar-refractivity contribution in [3.8, 4) is 0 Å². The lowest BCUT2D eigenvalue weighted by Crippen LogP contribution is -2.02. The Labute approximate surface area is 105 Å². The van der Waals surface area contributed by atoms with Gasteiger partial charge in [0.05, 0.1) is 17.8 Å². The van der Waals surface area contributed by atoms with Crippen molar-refractivity contribution >= 4 is 5.97 Å². The molecule has 1 aliphatic carbocycles.